The monoisotopic (exact) mass is 476 g/mol. The molecule has 0 unspecified atom stereocenters. The van der Waals surface area contributed by atoms with Crippen molar-refractivity contribution >= 4 is 23.3 Å². The van der Waals surface area contributed by atoms with Crippen LogP contribution < -0.4 is 20.7 Å². The maximum atomic E-state index is 13.8. The van der Waals surface area contributed by atoms with Crippen LogP contribution in [0.3, 0.4) is 0 Å². The van der Waals surface area contributed by atoms with Crippen LogP contribution in [0.1, 0.15) is 24.2 Å². The van der Waals surface area contributed by atoms with Crippen molar-refractivity contribution in [2.75, 3.05) is 44.5 Å². The molecule has 0 saturated heterocycles. The molecule has 2 aromatic rings. The molecule has 1 heterocycles. The van der Waals surface area contributed by atoms with Gasteiger partial charge in [0.05, 0.1) is 17.4 Å². The lowest BCUT2D eigenvalue weighted by Gasteiger charge is -2.30. The van der Waals surface area contributed by atoms with Crippen molar-refractivity contribution in [1.82, 2.24) is 10.2 Å². The second-order valence-electron chi connectivity index (χ2n) is 8.47. The minimum absolute atomic E-state index is 0.00377. The van der Waals surface area contributed by atoms with Gasteiger partial charge >= 0.3 is 6.03 Å². The molecule has 0 bridgehead atoms. The Hall–Kier alpha value is -3.24. The van der Waals surface area contributed by atoms with Gasteiger partial charge in [-0.1, -0.05) is 6.92 Å². The van der Waals surface area contributed by atoms with Gasteiger partial charge in [0.25, 0.3) is 5.91 Å². The molecule has 3 N–H and O–H groups in total. The van der Waals surface area contributed by atoms with Gasteiger partial charge in [-0.25, -0.2) is 13.6 Å². The van der Waals surface area contributed by atoms with Gasteiger partial charge < -0.3 is 30.3 Å². The Labute approximate surface area is 197 Å². The third kappa shape index (κ3) is 6.42. The average molecular weight is 477 g/mol. The molecule has 0 saturated carbocycles. The molecule has 1 aliphatic rings. The van der Waals surface area contributed by atoms with Crippen LogP contribution in [0.5, 0.6) is 5.75 Å². The second-order valence-corrected chi connectivity index (χ2v) is 8.47. The average Bonchev–Trinajstić information content (AvgIpc) is 2.80. The zero-order valence-corrected chi connectivity index (χ0v) is 19.7. The van der Waals surface area contributed by atoms with Crippen LogP contribution in [0.2, 0.25) is 0 Å². The number of rotatable bonds is 3. The predicted octanol–water partition coefficient (Wildman–Crippen LogP) is 3.70. The number of ether oxygens (including phenoxy) is 2. The summed E-state index contributed by atoms with van der Waals surface area (Å²) in [6, 6.07) is 6.61. The summed E-state index contributed by atoms with van der Waals surface area (Å²) in [4.78, 5) is 27.1. The maximum Gasteiger partial charge on any atom is 0.323 e. The second kappa shape index (κ2) is 11.3. The zero-order chi connectivity index (χ0) is 24.8. The lowest BCUT2D eigenvalue weighted by atomic mass is 10.0. The molecule has 3 rings (SSSR count). The van der Waals surface area contributed by atoms with Crippen LogP contribution in [0.4, 0.5) is 25.0 Å². The van der Waals surface area contributed by atoms with Crippen molar-refractivity contribution in [3.8, 4) is 5.75 Å². The van der Waals surface area contributed by atoms with Crippen LogP contribution in [-0.4, -0.2) is 62.8 Å². The fraction of sp³-hybridized carbons (Fsp3) is 0.417. The largest absolute Gasteiger partial charge is 0.491 e. The smallest absolute Gasteiger partial charge is 0.323 e. The third-order valence-electron chi connectivity index (χ3n) is 5.66. The number of hydrogen-bond donors (Lipinski definition) is 3. The number of benzene rings is 2. The SMILES string of the molecule is CO[C@H]1CN(C)C(=O)c2ccc(NC(=O)Nc3cc(F)ccc3F)cc2OC[C@H](C)NC[C@H]1C. The van der Waals surface area contributed by atoms with E-state index in [0.29, 0.717) is 36.7 Å². The molecule has 0 fully saturated rings. The van der Waals surface area contributed by atoms with Crippen molar-refractivity contribution in [2.24, 2.45) is 5.92 Å². The van der Waals surface area contributed by atoms with E-state index in [-0.39, 0.29) is 29.7 Å². The van der Waals surface area contributed by atoms with Gasteiger partial charge in [0.15, 0.2) is 0 Å². The quantitative estimate of drug-likeness (QED) is 0.628. The fourth-order valence-corrected chi connectivity index (χ4v) is 3.61. The first-order chi connectivity index (χ1) is 16.2. The van der Waals surface area contributed by atoms with Gasteiger partial charge in [-0.3, -0.25) is 4.79 Å². The first kappa shape index (κ1) is 25.4. The van der Waals surface area contributed by atoms with Crippen molar-refractivity contribution in [1.29, 1.82) is 0 Å². The van der Waals surface area contributed by atoms with Gasteiger partial charge in [0.2, 0.25) is 0 Å². The number of hydrogen-bond acceptors (Lipinski definition) is 5. The number of urea groups is 1. The summed E-state index contributed by atoms with van der Waals surface area (Å²) >= 11 is 0. The van der Waals surface area contributed by atoms with E-state index in [0.717, 1.165) is 18.2 Å². The summed E-state index contributed by atoms with van der Waals surface area (Å²) in [5.41, 5.74) is 0.359. The highest BCUT2D eigenvalue weighted by molar-refractivity contribution is 6.01. The highest BCUT2D eigenvalue weighted by Gasteiger charge is 2.25. The van der Waals surface area contributed by atoms with E-state index in [9.17, 15) is 18.4 Å². The van der Waals surface area contributed by atoms with Crippen LogP contribution in [0.15, 0.2) is 36.4 Å². The van der Waals surface area contributed by atoms with Gasteiger partial charge in [0.1, 0.15) is 24.0 Å². The summed E-state index contributed by atoms with van der Waals surface area (Å²) in [6.07, 6.45) is -0.148. The number of carbonyl (C=O) groups excluding carboxylic acids is 2. The Bertz CT molecular complexity index is 1040. The van der Waals surface area contributed by atoms with E-state index in [1.54, 1.807) is 31.2 Å². The van der Waals surface area contributed by atoms with E-state index >= 15 is 0 Å². The predicted molar refractivity (Wildman–Crippen MR) is 125 cm³/mol. The number of amides is 3. The lowest BCUT2D eigenvalue weighted by Crippen LogP contribution is -2.44. The topological polar surface area (TPSA) is 91.9 Å². The lowest BCUT2D eigenvalue weighted by molar-refractivity contribution is 0.0281. The van der Waals surface area contributed by atoms with Gasteiger partial charge in [-0.05, 0) is 37.1 Å². The molecule has 3 atom stereocenters. The van der Waals surface area contributed by atoms with Crippen LogP contribution in [0.25, 0.3) is 0 Å². The fourth-order valence-electron chi connectivity index (χ4n) is 3.61. The normalized spacial score (nSPS) is 21.5. The first-order valence-corrected chi connectivity index (χ1v) is 11.0. The number of nitrogens with zero attached hydrogens (tertiary/aromatic N) is 1. The summed E-state index contributed by atoms with van der Waals surface area (Å²) in [5.74, 6) is -1.22. The summed E-state index contributed by atoms with van der Waals surface area (Å²) in [7, 11) is 3.32. The van der Waals surface area contributed by atoms with E-state index < -0.39 is 17.7 Å². The molecular formula is C24H30F2N4O4. The van der Waals surface area contributed by atoms with Crippen LogP contribution >= 0.6 is 0 Å². The maximum absolute atomic E-state index is 13.8. The van der Waals surface area contributed by atoms with Gasteiger partial charge in [0, 0.05) is 51.1 Å². The number of methoxy groups -OCH3 is 1. The summed E-state index contributed by atoms with van der Waals surface area (Å²) in [6.45, 7) is 5.41. The molecule has 34 heavy (non-hydrogen) atoms. The van der Waals surface area contributed by atoms with E-state index in [1.165, 1.54) is 6.07 Å². The number of likely N-dealkylation sites (N-methyl/N-ethyl adjacent to an activating group) is 1. The number of fused-ring (bicyclic) bond motifs is 1. The number of anilines is 2. The molecule has 3 amide bonds. The van der Waals surface area contributed by atoms with Crippen molar-refractivity contribution in [3.63, 3.8) is 0 Å². The molecule has 0 aliphatic carbocycles. The molecule has 184 valence electrons. The molecule has 0 spiro atoms. The summed E-state index contributed by atoms with van der Waals surface area (Å²) < 4.78 is 38.7. The van der Waals surface area contributed by atoms with E-state index in [2.05, 4.69) is 22.9 Å². The number of nitrogens with one attached hydrogen (secondary N) is 3. The minimum Gasteiger partial charge on any atom is -0.491 e. The Morgan fingerprint density at radius 3 is 2.68 bits per heavy atom. The highest BCUT2D eigenvalue weighted by Crippen LogP contribution is 2.26. The number of halogens is 2. The third-order valence-corrected chi connectivity index (χ3v) is 5.66. The highest BCUT2D eigenvalue weighted by atomic mass is 19.1. The minimum atomic E-state index is -0.770. The Kier molecular flexibility index (Phi) is 8.41. The Balaban J connectivity index is 1.82. The first-order valence-electron chi connectivity index (χ1n) is 11.0. The molecule has 8 nitrogen and oxygen atoms in total. The Morgan fingerprint density at radius 2 is 1.94 bits per heavy atom. The van der Waals surface area contributed by atoms with Crippen molar-refractivity contribution in [3.05, 3.63) is 53.6 Å². The van der Waals surface area contributed by atoms with Crippen LogP contribution in [0, 0.1) is 17.6 Å². The van der Waals surface area contributed by atoms with Gasteiger partial charge in [-0.15, -0.1) is 0 Å². The van der Waals surface area contributed by atoms with Gasteiger partial charge in [-0.2, -0.15) is 0 Å². The van der Waals surface area contributed by atoms with Crippen molar-refractivity contribution in [2.45, 2.75) is 26.0 Å². The van der Waals surface area contributed by atoms with E-state index in [1.807, 2.05) is 6.92 Å². The molecule has 0 aromatic heterocycles. The molecule has 2 aromatic carbocycles. The number of carbonyl (C=O) groups is 2. The molecule has 1 aliphatic heterocycles. The zero-order valence-electron chi connectivity index (χ0n) is 19.7. The molecular weight excluding hydrogens is 446 g/mol. The molecule has 10 heteroatoms. The molecule has 0 radical (unpaired) electrons. The van der Waals surface area contributed by atoms with Crippen molar-refractivity contribution < 1.29 is 27.8 Å². The van der Waals surface area contributed by atoms with Crippen LogP contribution in [-0.2, 0) is 4.74 Å². The Morgan fingerprint density at radius 1 is 1.18 bits per heavy atom. The summed E-state index contributed by atoms with van der Waals surface area (Å²) in [5, 5.41) is 8.22. The van der Waals surface area contributed by atoms with E-state index in [4.69, 9.17) is 9.47 Å². The standard InChI is InChI=1S/C24H30F2N4O4/c1-14-11-27-15(2)13-34-21-10-17(6-7-18(21)23(31)30(3)12-22(14)33-4)28-24(32)29-20-9-16(25)5-8-19(20)26/h5-10,14-15,22,27H,11-13H2,1-4H3,(H2,28,29,32)/t14-,15+,22+/m1/s1.